The van der Waals surface area contributed by atoms with Crippen LogP contribution in [0.2, 0.25) is 0 Å². The number of rotatable bonds is 19. The smallest absolute Gasteiger partial charge is 0.331 e. The highest BCUT2D eigenvalue weighted by atomic mass is 16.4. The van der Waals surface area contributed by atoms with Crippen LogP contribution in [0.3, 0.4) is 0 Å². The summed E-state index contributed by atoms with van der Waals surface area (Å²) in [5, 5.41) is 23.7. The molecule has 0 bridgehead atoms. The Hall–Kier alpha value is -2.11. The molecule has 0 fully saturated rings. The van der Waals surface area contributed by atoms with Gasteiger partial charge >= 0.3 is 17.9 Å². The van der Waals surface area contributed by atoms with Crippen molar-refractivity contribution in [1.29, 1.82) is 0 Å². The molecule has 0 unspecified atom stereocenters. The van der Waals surface area contributed by atoms with E-state index in [-0.39, 0.29) is 5.57 Å². The number of carboxylic acids is 3. The Morgan fingerprint density at radius 2 is 0.875 bits per heavy atom. The zero-order valence-electron chi connectivity index (χ0n) is 20.6. The first kappa shape index (κ1) is 34.5. The van der Waals surface area contributed by atoms with E-state index in [0.717, 1.165) is 6.08 Å². The maximum Gasteiger partial charge on any atom is 0.331 e. The summed E-state index contributed by atoms with van der Waals surface area (Å²) in [5.41, 5.74) is -0.303. The first-order valence-electron chi connectivity index (χ1n) is 12.2. The molecule has 0 aliphatic rings. The summed E-state index contributed by atoms with van der Waals surface area (Å²) in [7, 11) is 0. The third kappa shape index (κ3) is 38.5. The summed E-state index contributed by atoms with van der Waals surface area (Å²) in [6, 6.07) is 0. The number of hydrogen-bond donors (Lipinski definition) is 3. The average Bonchev–Trinajstić information content (AvgIpc) is 2.74. The third-order valence-corrected chi connectivity index (χ3v) is 4.80. The van der Waals surface area contributed by atoms with Crippen LogP contribution in [-0.2, 0) is 14.4 Å². The predicted octanol–water partition coefficient (Wildman–Crippen LogP) is 7.63. The summed E-state index contributed by atoms with van der Waals surface area (Å²) in [6.45, 7) is 10.6. The molecule has 0 aromatic heterocycles. The van der Waals surface area contributed by atoms with Gasteiger partial charge in [-0.3, -0.25) is 4.79 Å². The SMILES string of the molecule is C=C(CC(=O)O)C(=O)O.C=CC(=O)O.CCCCCCCCCCCCCCCCCC. The molecule has 0 amide bonds. The first-order valence-corrected chi connectivity index (χ1v) is 12.2. The van der Waals surface area contributed by atoms with Gasteiger partial charge in [-0.15, -0.1) is 0 Å². The standard InChI is InChI=1S/C18H38.C5H6O4.C3H4O2/c1-3-5-7-9-11-13-15-17-18-16-14-12-10-8-6-4-2;1-3(5(8)9)2-4(6)7;1-2-3(4)5/h3-18H2,1-2H3;1-2H2,(H,6,7)(H,8,9);2H,1H2,(H,4,5). The van der Waals surface area contributed by atoms with Crippen molar-refractivity contribution in [2.45, 2.75) is 123 Å². The van der Waals surface area contributed by atoms with E-state index in [0.29, 0.717) is 0 Å². The second-order valence-electron chi connectivity index (χ2n) is 7.97. The van der Waals surface area contributed by atoms with Crippen molar-refractivity contribution >= 4 is 17.9 Å². The number of carboxylic acid groups (broad SMARTS) is 3. The minimum atomic E-state index is -1.27. The largest absolute Gasteiger partial charge is 0.481 e. The van der Waals surface area contributed by atoms with Gasteiger partial charge in [-0.2, -0.15) is 0 Å². The summed E-state index contributed by atoms with van der Waals surface area (Å²) in [6.07, 6.45) is 23.7. The van der Waals surface area contributed by atoms with E-state index in [1.54, 1.807) is 0 Å². The fraction of sp³-hybridized carbons (Fsp3) is 0.731. The van der Waals surface area contributed by atoms with Crippen LogP contribution in [0.15, 0.2) is 24.8 Å². The monoisotopic (exact) mass is 456 g/mol. The number of hydrogen-bond acceptors (Lipinski definition) is 3. The van der Waals surface area contributed by atoms with Crippen LogP contribution in [0.4, 0.5) is 0 Å². The zero-order valence-corrected chi connectivity index (χ0v) is 20.6. The van der Waals surface area contributed by atoms with Crippen LogP contribution in [-0.4, -0.2) is 33.2 Å². The lowest BCUT2D eigenvalue weighted by Gasteiger charge is -2.03. The van der Waals surface area contributed by atoms with Gasteiger partial charge in [0.1, 0.15) is 0 Å². The maximum absolute atomic E-state index is 9.87. The average molecular weight is 457 g/mol. The van der Waals surface area contributed by atoms with Crippen molar-refractivity contribution in [3.8, 4) is 0 Å². The van der Waals surface area contributed by atoms with Gasteiger partial charge in [-0.1, -0.05) is 130 Å². The molecule has 0 atom stereocenters. The molecule has 0 spiro atoms. The fourth-order valence-electron chi connectivity index (χ4n) is 2.88. The van der Waals surface area contributed by atoms with Crippen LogP contribution in [0.5, 0.6) is 0 Å². The van der Waals surface area contributed by atoms with Crippen molar-refractivity contribution < 1.29 is 29.7 Å². The third-order valence-electron chi connectivity index (χ3n) is 4.80. The lowest BCUT2D eigenvalue weighted by molar-refractivity contribution is -0.139. The van der Waals surface area contributed by atoms with E-state index in [1.165, 1.54) is 103 Å². The number of carbonyl (C=O) groups is 3. The molecule has 0 heterocycles. The highest BCUT2D eigenvalue weighted by molar-refractivity contribution is 5.91. The Bertz CT molecular complexity index is 469. The van der Waals surface area contributed by atoms with Crippen molar-refractivity contribution in [2.24, 2.45) is 0 Å². The van der Waals surface area contributed by atoms with Crippen LogP contribution >= 0.6 is 0 Å². The summed E-state index contributed by atoms with van der Waals surface area (Å²) < 4.78 is 0. The van der Waals surface area contributed by atoms with Gasteiger partial charge < -0.3 is 15.3 Å². The molecular formula is C26H48O6. The minimum Gasteiger partial charge on any atom is -0.481 e. The van der Waals surface area contributed by atoms with Gasteiger partial charge in [0.05, 0.1) is 6.42 Å². The van der Waals surface area contributed by atoms with Crippen LogP contribution in [0.25, 0.3) is 0 Å². The van der Waals surface area contributed by atoms with Gasteiger partial charge in [-0.05, 0) is 0 Å². The lowest BCUT2D eigenvalue weighted by Crippen LogP contribution is -2.04. The molecule has 6 nitrogen and oxygen atoms in total. The highest BCUT2D eigenvalue weighted by Crippen LogP contribution is 2.13. The Kier molecular flexibility index (Phi) is 31.1. The molecule has 0 aliphatic carbocycles. The van der Waals surface area contributed by atoms with Crippen LogP contribution in [0.1, 0.15) is 123 Å². The minimum absolute atomic E-state index is 0.303. The second-order valence-corrected chi connectivity index (χ2v) is 7.97. The van der Waals surface area contributed by atoms with E-state index >= 15 is 0 Å². The van der Waals surface area contributed by atoms with E-state index in [2.05, 4.69) is 27.0 Å². The van der Waals surface area contributed by atoms with E-state index in [1.807, 2.05) is 0 Å². The van der Waals surface area contributed by atoms with Gasteiger partial charge in [0, 0.05) is 11.6 Å². The Morgan fingerprint density at radius 1 is 0.625 bits per heavy atom. The van der Waals surface area contributed by atoms with Crippen molar-refractivity contribution in [3.63, 3.8) is 0 Å². The lowest BCUT2D eigenvalue weighted by atomic mass is 10.0. The Balaban J connectivity index is -0.000000496. The number of aliphatic carboxylic acids is 3. The normalized spacial score (nSPS) is 9.56. The topological polar surface area (TPSA) is 112 Å². The molecular weight excluding hydrogens is 408 g/mol. The van der Waals surface area contributed by atoms with Gasteiger partial charge in [0.15, 0.2) is 0 Å². The van der Waals surface area contributed by atoms with E-state index in [9.17, 15) is 14.4 Å². The van der Waals surface area contributed by atoms with Gasteiger partial charge in [0.2, 0.25) is 0 Å². The molecule has 0 saturated heterocycles. The molecule has 0 aliphatic heterocycles. The quantitative estimate of drug-likeness (QED) is 0.136. The molecule has 0 aromatic carbocycles. The Morgan fingerprint density at radius 3 is 1.00 bits per heavy atom. The Labute approximate surface area is 195 Å². The van der Waals surface area contributed by atoms with Gasteiger partial charge in [0.25, 0.3) is 0 Å². The van der Waals surface area contributed by atoms with Crippen molar-refractivity contribution in [3.05, 3.63) is 24.8 Å². The molecule has 0 radical (unpaired) electrons. The fourth-order valence-corrected chi connectivity index (χ4v) is 2.88. The zero-order chi connectivity index (χ0) is 25.0. The van der Waals surface area contributed by atoms with Crippen molar-refractivity contribution in [1.82, 2.24) is 0 Å². The molecule has 0 rings (SSSR count). The highest BCUT2D eigenvalue weighted by Gasteiger charge is 2.07. The molecule has 6 heteroatoms. The number of unbranched alkanes of at least 4 members (excludes halogenated alkanes) is 15. The van der Waals surface area contributed by atoms with E-state index < -0.39 is 24.3 Å². The molecule has 3 N–H and O–H groups in total. The predicted molar refractivity (Wildman–Crippen MR) is 132 cm³/mol. The maximum atomic E-state index is 9.87. The summed E-state index contributed by atoms with van der Waals surface area (Å²) in [4.78, 5) is 28.9. The summed E-state index contributed by atoms with van der Waals surface area (Å²) >= 11 is 0. The molecule has 188 valence electrons. The van der Waals surface area contributed by atoms with Crippen LogP contribution < -0.4 is 0 Å². The first-order chi connectivity index (χ1) is 15.2. The molecule has 0 saturated carbocycles. The molecule has 0 aromatic rings. The summed E-state index contributed by atoms with van der Waals surface area (Å²) in [5.74, 6) is -3.43. The van der Waals surface area contributed by atoms with Crippen LogP contribution in [0, 0.1) is 0 Å². The van der Waals surface area contributed by atoms with Crippen molar-refractivity contribution in [2.75, 3.05) is 0 Å². The van der Waals surface area contributed by atoms with Gasteiger partial charge in [-0.25, -0.2) is 9.59 Å². The molecule has 32 heavy (non-hydrogen) atoms. The van der Waals surface area contributed by atoms with E-state index in [4.69, 9.17) is 15.3 Å². The second kappa shape index (κ2) is 28.9.